The summed E-state index contributed by atoms with van der Waals surface area (Å²) in [5.74, 6) is 0.215. The van der Waals surface area contributed by atoms with E-state index >= 15 is 0 Å². The lowest BCUT2D eigenvalue weighted by molar-refractivity contribution is 0.0514. The van der Waals surface area contributed by atoms with E-state index in [2.05, 4.69) is 5.48 Å². The molecular weight excluding hydrogens is 166 g/mol. The van der Waals surface area contributed by atoms with E-state index in [4.69, 9.17) is 4.84 Å². The summed E-state index contributed by atoms with van der Waals surface area (Å²) in [6.07, 6.45) is 1.83. The minimum atomic E-state index is -2.81. The van der Waals surface area contributed by atoms with Gasteiger partial charge in [0, 0.05) is 12.8 Å². The van der Waals surface area contributed by atoms with E-state index in [0.717, 1.165) is 0 Å². The van der Waals surface area contributed by atoms with Crippen molar-refractivity contribution in [3.05, 3.63) is 0 Å². The number of hydrogen-bond acceptors (Lipinski definition) is 4. The minimum Gasteiger partial charge on any atom is -0.302 e. The topological polar surface area (TPSA) is 55.4 Å². The Balaban J connectivity index is 3.16. The molecule has 1 N–H and O–H groups in total. The molecule has 0 aliphatic carbocycles. The Labute approximate surface area is 67.8 Å². The molecule has 0 radical (unpaired) electrons. The van der Waals surface area contributed by atoms with Crippen molar-refractivity contribution in [3.63, 3.8) is 0 Å². The van der Waals surface area contributed by atoms with E-state index in [0.29, 0.717) is 19.6 Å². The molecule has 0 bridgehead atoms. The van der Waals surface area contributed by atoms with Gasteiger partial charge < -0.3 is 4.84 Å². The monoisotopic (exact) mass is 181 g/mol. The zero-order chi connectivity index (χ0) is 8.74. The van der Waals surface area contributed by atoms with Crippen molar-refractivity contribution < 1.29 is 13.3 Å². The lowest BCUT2D eigenvalue weighted by Gasteiger charge is -2.01. The number of hydroxylamine groups is 1. The summed E-state index contributed by atoms with van der Waals surface area (Å²) in [6.45, 7) is 3.04. The van der Waals surface area contributed by atoms with Gasteiger partial charge in [0.1, 0.15) is 9.84 Å². The molecule has 0 spiro atoms. The molecule has 11 heavy (non-hydrogen) atoms. The standard InChI is InChI=1S/C6H15NO3S/c1-3-10-7-5-4-6-11(2,8)9/h7H,3-6H2,1-2H3. The highest BCUT2D eigenvalue weighted by atomic mass is 32.2. The number of sulfone groups is 1. The van der Waals surface area contributed by atoms with Gasteiger partial charge in [0.2, 0.25) is 0 Å². The van der Waals surface area contributed by atoms with Crippen LogP contribution in [-0.4, -0.2) is 33.6 Å². The maximum atomic E-state index is 10.6. The minimum absolute atomic E-state index is 0.215. The van der Waals surface area contributed by atoms with Gasteiger partial charge in [-0.05, 0) is 13.3 Å². The summed E-state index contributed by atoms with van der Waals surface area (Å²) in [4.78, 5) is 4.80. The molecule has 4 nitrogen and oxygen atoms in total. The van der Waals surface area contributed by atoms with Gasteiger partial charge in [-0.1, -0.05) is 0 Å². The van der Waals surface area contributed by atoms with Gasteiger partial charge in [-0.15, -0.1) is 0 Å². The average molecular weight is 181 g/mol. The molecule has 0 aliphatic rings. The summed E-state index contributed by atoms with van der Waals surface area (Å²) >= 11 is 0. The van der Waals surface area contributed by atoms with E-state index in [1.165, 1.54) is 6.26 Å². The van der Waals surface area contributed by atoms with Gasteiger partial charge in [-0.2, -0.15) is 0 Å². The number of hydrogen-bond donors (Lipinski definition) is 1. The second kappa shape index (κ2) is 5.51. The van der Waals surface area contributed by atoms with Gasteiger partial charge >= 0.3 is 0 Å². The first-order valence-corrected chi connectivity index (χ1v) is 5.64. The van der Waals surface area contributed by atoms with E-state index in [1.807, 2.05) is 6.92 Å². The molecule has 0 aromatic rings. The van der Waals surface area contributed by atoms with Crippen LogP contribution < -0.4 is 5.48 Å². The summed E-state index contributed by atoms with van der Waals surface area (Å²) in [5.41, 5.74) is 2.64. The van der Waals surface area contributed by atoms with Crippen LogP contribution in [0.25, 0.3) is 0 Å². The first-order chi connectivity index (χ1) is 5.06. The van der Waals surface area contributed by atoms with E-state index in [1.54, 1.807) is 0 Å². The maximum absolute atomic E-state index is 10.6. The Morgan fingerprint density at radius 1 is 1.45 bits per heavy atom. The molecule has 68 valence electrons. The predicted octanol–water partition coefficient (Wildman–Crippen LogP) is -0.0378. The van der Waals surface area contributed by atoms with Gasteiger partial charge in [0.25, 0.3) is 0 Å². The van der Waals surface area contributed by atoms with Crippen molar-refractivity contribution in [2.45, 2.75) is 13.3 Å². The Morgan fingerprint density at radius 3 is 2.55 bits per heavy atom. The van der Waals surface area contributed by atoms with Crippen LogP contribution in [0.2, 0.25) is 0 Å². The number of nitrogens with one attached hydrogen (secondary N) is 1. The van der Waals surface area contributed by atoms with Gasteiger partial charge in [-0.3, -0.25) is 0 Å². The molecule has 0 aromatic heterocycles. The highest BCUT2D eigenvalue weighted by molar-refractivity contribution is 7.90. The SMILES string of the molecule is CCONCCCS(C)(=O)=O. The molecule has 0 amide bonds. The summed E-state index contributed by atoms with van der Waals surface area (Å²) < 4.78 is 21.2. The molecule has 0 fully saturated rings. The normalized spacial score (nSPS) is 11.8. The van der Waals surface area contributed by atoms with Gasteiger partial charge in [0.15, 0.2) is 0 Å². The molecule has 0 aromatic carbocycles. The van der Waals surface area contributed by atoms with Gasteiger partial charge in [-0.25, -0.2) is 13.9 Å². The second-order valence-corrected chi connectivity index (χ2v) is 4.57. The Bertz CT molecular complexity index is 176. The highest BCUT2D eigenvalue weighted by Crippen LogP contribution is 1.86. The van der Waals surface area contributed by atoms with Crippen molar-refractivity contribution in [1.29, 1.82) is 0 Å². The fourth-order valence-electron chi connectivity index (χ4n) is 0.581. The maximum Gasteiger partial charge on any atom is 0.147 e. The molecule has 0 aliphatic heterocycles. The van der Waals surface area contributed by atoms with Crippen LogP contribution in [-0.2, 0) is 14.7 Å². The van der Waals surface area contributed by atoms with Crippen LogP contribution in [0.4, 0.5) is 0 Å². The molecular formula is C6H15NO3S. The Morgan fingerprint density at radius 2 is 2.09 bits per heavy atom. The summed E-state index contributed by atoms with van der Waals surface area (Å²) in [5, 5.41) is 0. The zero-order valence-electron chi connectivity index (χ0n) is 6.96. The van der Waals surface area contributed by atoms with Crippen LogP contribution in [0, 0.1) is 0 Å². The Hall–Kier alpha value is -0.130. The Kier molecular flexibility index (Phi) is 5.45. The predicted molar refractivity (Wildman–Crippen MR) is 44.0 cm³/mol. The lowest BCUT2D eigenvalue weighted by Crippen LogP contribution is -2.18. The van der Waals surface area contributed by atoms with E-state index < -0.39 is 9.84 Å². The van der Waals surface area contributed by atoms with Crippen molar-refractivity contribution in [2.24, 2.45) is 0 Å². The first-order valence-electron chi connectivity index (χ1n) is 3.58. The van der Waals surface area contributed by atoms with E-state index in [9.17, 15) is 8.42 Å². The zero-order valence-corrected chi connectivity index (χ0v) is 7.78. The van der Waals surface area contributed by atoms with Crippen molar-refractivity contribution in [2.75, 3.05) is 25.2 Å². The molecule has 0 saturated heterocycles. The second-order valence-electron chi connectivity index (χ2n) is 2.31. The van der Waals surface area contributed by atoms with Crippen molar-refractivity contribution in [1.82, 2.24) is 5.48 Å². The van der Waals surface area contributed by atoms with Crippen LogP contribution in [0.3, 0.4) is 0 Å². The third-order valence-electron chi connectivity index (χ3n) is 1.04. The smallest absolute Gasteiger partial charge is 0.147 e. The van der Waals surface area contributed by atoms with Gasteiger partial charge in [0.05, 0.1) is 12.4 Å². The molecule has 5 heteroatoms. The third kappa shape index (κ3) is 9.87. The average Bonchev–Trinajstić information content (AvgIpc) is 1.85. The number of rotatable bonds is 6. The lowest BCUT2D eigenvalue weighted by atomic mass is 10.5. The van der Waals surface area contributed by atoms with Crippen LogP contribution in [0.15, 0.2) is 0 Å². The fourth-order valence-corrected chi connectivity index (χ4v) is 1.25. The molecule has 0 rings (SSSR count). The molecule has 0 atom stereocenters. The first kappa shape index (κ1) is 10.9. The largest absolute Gasteiger partial charge is 0.302 e. The van der Waals surface area contributed by atoms with E-state index in [-0.39, 0.29) is 5.75 Å². The van der Waals surface area contributed by atoms with Crippen LogP contribution in [0.1, 0.15) is 13.3 Å². The van der Waals surface area contributed by atoms with Crippen molar-refractivity contribution in [3.8, 4) is 0 Å². The summed E-state index contributed by atoms with van der Waals surface area (Å²) in [7, 11) is -2.81. The molecule has 0 heterocycles. The fraction of sp³-hybridized carbons (Fsp3) is 1.00. The highest BCUT2D eigenvalue weighted by Gasteiger charge is 1.99. The summed E-state index contributed by atoms with van der Waals surface area (Å²) in [6, 6.07) is 0. The third-order valence-corrected chi connectivity index (χ3v) is 2.07. The van der Waals surface area contributed by atoms with Crippen molar-refractivity contribution >= 4 is 9.84 Å². The van der Waals surface area contributed by atoms with Crippen LogP contribution in [0.5, 0.6) is 0 Å². The van der Waals surface area contributed by atoms with Crippen LogP contribution >= 0.6 is 0 Å². The molecule has 0 unspecified atom stereocenters. The quantitative estimate of drug-likeness (QED) is 0.461. The molecule has 0 saturated carbocycles.